The number of hydrogen-bond acceptors (Lipinski definition) is 7. The van der Waals surface area contributed by atoms with Crippen molar-refractivity contribution in [2.75, 3.05) is 13.2 Å². The van der Waals surface area contributed by atoms with Gasteiger partial charge in [-0.25, -0.2) is 9.59 Å². The maximum absolute atomic E-state index is 10.2. The van der Waals surface area contributed by atoms with Gasteiger partial charge in [0.05, 0.1) is 0 Å². The fraction of sp³-hybridized carbons (Fsp3) is 0.571. The van der Waals surface area contributed by atoms with Crippen molar-refractivity contribution in [2.24, 2.45) is 11.8 Å². The zero-order chi connectivity index (χ0) is 16.1. The van der Waals surface area contributed by atoms with E-state index in [9.17, 15) is 9.59 Å². The van der Waals surface area contributed by atoms with Crippen molar-refractivity contribution in [2.45, 2.75) is 25.7 Å². The van der Waals surface area contributed by atoms with Gasteiger partial charge >= 0.3 is 11.9 Å². The fourth-order valence-corrected chi connectivity index (χ4v) is 1.75. The zero-order valence-corrected chi connectivity index (χ0v) is 11.9. The Morgan fingerprint density at radius 1 is 0.905 bits per heavy atom. The van der Waals surface area contributed by atoms with E-state index in [1.165, 1.54) is 0 Å². The molecule has 0 unspecified atom stereocenters. The van der Waals surface area contributed by atoms with Crippen molar-refractivity contribution >= 4 is 11.9 Å². The molecule has 0 aromatic heterocycles. The first-order valence-corrected chi connectivity index (χ1v) is 6.63. The third kappa shape index (κ3) is 9.78. The summed E-state index contributed by atoms with van der Waals surface area (Å²) in [5.74, 6) is -0.686. The zero-order valence-electron chi connectivity index (χ0n) is 11.9. The van der Waals surface area contributed by atoms with Crippen molar-refractivity contribution in [1.29, 1.82) is 0 Å². The van der Waals surface area contributed by atoms with E-state index >= 15 is 0 Å². The van der Waals surface area contributed by atoms with Crippen LogP contribution in [0.25, 0.3) is 0 Å². The Bertz CT molecular complexity index is 300. The van der Waals surface area contributed by atoms with Crippen LogP contribution in [0.5, 0.6) is 0 Å². The summed E-state index contributed by atoms with van der Waals surface area (Å²) < 4.78 is 0. The Morgan fingerprint density at radius 3 is 1.48 bits per heavy atom. The molecule has 7 heteroatoms. The predicted octanol–water partition coefficient (Wildman–Crippen LogP) is 1.07. The molecule has 21 heavy (non-hydrogen) atoms. The second-order valence-electron chi connectivity index (χ2n) is 4.53. The lowest BCUT2D eigenvalue weighted by Gasteiger charge is -2.25. The van der Waals surface area contributed by atoms with Crippen LogP contribution in [0.4, 0.5) is 0 Å². The number of carbonyl (C=O) groups is 2. The molecule has 0 aromatic rings. The topological polar surface area (TPSA) is 102 Å². The summed E-state index contributed by atoms with van der Waals surface area (Å²) in [6.07, 6.45) is 6.09. The normalized spacial score (nSPS) is 20.5. The van der Waals surface area contributed by atoms with E-state index < -0.39 is 11.9 Å². The summed E-state index contributed by atoms with van der Waals surface area (Å²) in [7, 11) is 0. The molecule has 0 heterocycles. The molecule has 7 nitrogen and oxygen atoms in total. The van der Waals surface area contributed by atoms with E-state index in [1.54, 1.807) is 0 Å². The van der Waals surface area contributed by atoms with Gasteiger partial charge in [0.15, 0.2) is 0 Å². The van der Waals surface area contributed by atoms with Crippen molar-refractivity contribution in [3.63, 3.8) is 0 Å². The molecule has 0 radical (unpaired) electrons. The van der Waals surface area contributed by atoms with Crippen LogP contribution >= 0.6 is 0 Å². The van der Waals surface area contributed by atoms with Crippen molar-refractivity contribution in [3.05, 3.63) is 25.3 Å². The fourth-order valence-electron chi connectivity index (χ4n) is 1.75. The first-order valence-electron chi connectivity index (χ1n) is 6.63. The van der Waals surface area contributed by atoms with Crippen molar-refractivity contribution < 1.29 is 34.6 Å². The first kappa shape index (κ1) is 19.3. The maximum Gasteiger partial charge on any atom is 0.369 e. The minimum atomic E-state index is -0.859. The molecule has 0 aliphatic heterocycles. The molecule has 1 saturated carbocycles. The number of carbonyl (C=O) groups excluding carboxylic acids is 2. The van der Waals surface area contributed by atoms with E-state index in [1.807, 2.05) is 0 Å². The lowest BCUT2D eigenvalue weighted by Crippen LogP contribution is -2.19. The Morgan fingerprint density at radius 2 is 1.24 bits per heavy atom. The van der Waals surface area contributed by atoms with Crippen LogP contribution in [0, 0.1) is 11.8 Å². The average molecular weight is 302 g/mol. The minimum Gasteiger partial charge on any atom is -0.396 e. The molecule has 0 spiro atoms. The van der Waals surface area contributed by atoms with Gasteiger partial charge in [0.25, 0.3) is 0 Å². The monoisotopic (exact) mass is 302 g/mol. The molecule has 1 aliphatic carbocycles. The van der Waals surface area contributed by atoms with Crippen molar-refractivity contribution in [3.8, 4) is 0 Å². The number of aliphatic hydroxyl groups excluding tert-OH is 2. The van der Waals surface area contributed by atoms with Gasteiger partial charge < -0.3 is 10.2 Å². The molecule has 0 atom stereocenters. The van der Waals surface area contributed by atoms with Crippen molar-refractivity contribution in [1.82, 2.24) is 0 Å². The van der Waals surface area contributed by atoms with Crippen LogP contribution in [0.3, 0.4) is 0 Å². The molecular weight excluding hydrogens is 280 g/mol. The molecule has 1 rings (SSSR count). The maximum atomic E-state index is 10.2. The second-order valence-corrected chi connectivity index (χ2v) is 4.53. The molecule has 2 N–H and O–H groups in total. The predicted molar refractivity (Wildman–Crippen MR) is 73.3 cm³/mol. The summed E-state index contributed by atoms with van der Waals surface area (Å²) >= 11 is 0. The third-order valence-corrected chi connectivity index (χ3v) is 3.05. The molecule has 0 saturated heterocycles. The van der Waals surface area contributed by atoms with Crippen LogP contribution in [-0.2, 0) is 24.4 Å². The van der Waals surface area contributed by atoms with Gasteiger partial charge in [-0.2, -0.15) is 0 Å². The smallest absolute Gasteiger partial charge is 0.369 e. The molecule has 0 amide bonds. The minimum absolute atomic E-state index is 0.331. The van der Waals surface area contributed by atoms with E-state index in [4.69, 9.17) is 10.2 Å². The van der Waals surface area contributed by atoms with Gasteiger partial charge in [-0.15, -0.1) is 0 Å². The Kier molecular flexibility index (Phi) is 11.1. The highest BCUT2D eigenvalue weighted by Gasteiger charge is 2.19. The van der Waals surface area contributed by atoms with E-state index in [-0.39, 0.29) is 0 Å². The van der Waals surface area contributed by atoms with E-state index in [2.05, 4.69) is 28.0 Å². The highest BCUT2D eigenvalue weighted by atomic mass is 17.5. The largest absolute Gasteiger partial charge is 0.396 e. The Balaban J connectivity index is 0.000000382. The highest BCUT2D eigenvalue weighted by molar-refractivity contribution is 5.81. The SMILES string of the molecule is C=CC(=O)OOOC(=O)C=C.OCC1CCC(CO)CC1. The molecule has 0 aromatic carbocycles. The molecular formula is C14H22O7. The summed E-state index contributed by atoms with van der Waals surface area (Å²) in [6.45, 7) is 6.79. The standard InChI is InChI=1S/C8H16O2.C6H6O5/c9-5-7-1-2-8(6-10)4-3-7;1-3-5(7)9-11-10-6(8)4-2/h7-10H,1-6H2;3-4H,1-2H2. The van der Waals surface area contributed by atoms with Crippen LogP contribution in [-0.4, -0.2) is 35.4 Å². The molecule has 1 fully saturated rings. The van der Waals surface area contributed by atoms with Gasteiger partial charge in [0.1, 0.15) is 0 Å². The van der Waals surface area contributed by atoms with E-state index in [0.29, 0.717) is 25.0 Å². The summed E-state index contributed by atoms with van der Waals surface area (Å²) in [4.78, 5) is 28.0. The van der Waals surface area contributed by atoms with Gasteiger partial charge in [0.2, 0.25) is 0 Å². The number of rotatable bonds is 6. The quantitative estimate of drug-likeness (QED) is 0.430. The van der Waals surface area contributed by atoms with Gasteiger partial charge in [-0.1, -0.05) is 13.2 Å². The van der Waals surface area contributed by atoms with Crippen LogP contribution in [0.2, 0.25) is 0 Å². The van der Waals surface area contributed by atoms with Gasteiger partial charge in [0, 0.05) is 30.4 Å². The third-order valence-electron chi connectivity index (χ3n) is 3.05. The summed E-state index contributed by atoms with van der Waals surface area (Å²) in [6, 6.07) is 0. The molecule has 120 valence electrons. The van der Waals surface area contributed by atoms with Crippen LogP contribution < -0.4 is 0 Å². The highest BCUT2D eigenvalue weighted by Crippen LogP contribution is 2.27. The summed E-state index contributed by atoms with van der Waals surface area (Å²) in [5, 5.41) is 21.3. The summed E-state index contributed by atoms with van der Waals surface area (Å²) in [5.41, 5.74) is 0. The molecule has 1 aliphatic rings. The Hall–Kier alpha value is -1.70. The van der Waals surface area contributed by atoms with Crippen LogP contribution in [0.1, 0.15) is 25.7 Å². The second kappa shape index (κ2) is 12.1. The first-order chi connectivity index (χ1) is 10.1. The van der Waals surface area contributed by atoms with Crippen LogP contribution in [0.15, 0.2) is 25.3 Å². The Labute approximate surface area is 123 Å². The van der Waals surface area contributed by atoms with Gasteiger partial charge in [-0.3, -0.25) is 9.78 Å². The number of aliphatic hydroxyl groups is 2. The average Bonchev–Trinajstić information content (AvgIpc) is 2.55. The number of hydrogen-bond donors (Lipinski definition) is 2. The molecule has 0 bridgehead atoms. The van der Waals surface area contributed by atoms with Gasteiger partial charge in [-0.05, 0) is 37.5 Å². The van der Waals surface area contributed by atoms with E-state index in [0.717, 1.165) is 37.8 Å². The lowest BCUT2D eigenvalue weighted by molar-refractivity contribution is -0.455. The lowest BCUT2D eigenvalue weighted by atomic mass is 9.83.